The molecular weight excluding hydrogens is 329 g/mol. The number of carboxylic acid groups (broad SMARTS) is 1. The predicted molar refractivity (Wildman–Crippen MR) is 93.5 cm³/mol. The summed E-state index contributed by atoms with van der Waals surface area (Å²) in [5.74, 6) is -1.57. The topological polar surface area (TPSA) is 49.3 Å². The minimum atomic E-state index is -1.07. The molecule has 0 fully saturated rings. The van der Waals surface area contributed by atoms with Crippen LogP contribution in [0.25, 0.3) is 11.1 Å². The van der Waals surface area contributed by atoms with Crippen molar-refractivity contribution in [3.8, 4) is 11.1 Å². The molecule has 0 spiro atoms. The van der Waals surface area contributed by atoms with E-state index in [0.29, 0.717) is 16.9 Å². The lowest BCUT2D eigenvalue weighted by molar-refractivity contribution is 0.0698. The number of carboxylic acids is 1. The van der Waals surface area contributed by atoms with Crippen LogP contribution in [-0.2, 0) is 0 Å². The molecule has 0 heterocycles. The Morgan fingerprint density at radius 3 is 2.33 bits per heavy atom. The van der Waals surface area contributed by atoms with Gasteiger partial charge in [-0.1, -0.05) is 54.1 Å². The van der Waals surface area contributed by atoms with Crippen molar-refractivity contribution in [2.75, 3.05) is 5.32 Å². The summed E-state index contributed by atoms with van der Waals surface area (Å²) >= 11 is 6.24. The van der Waals surface area contributed by atoms with E-state index in [9.17, 15) is 14.3 Å². The Morgan fingerprint density at radius 2 is 1.62 bits per heavy atom. The zero-order valence-corrected chi connectivity index (χ0v) is 13.2. The summed E-state index contributed by atoms with van der Waals surface area (Å²) in [7, 11) is 0. The number of benzene rings is 3. The van der Waals surface area contributed by atoms with Crippen molar-refractivity contribution in [2.24, 2.45) is 0 Å². The van der Waals surface area contributed by atoms with E-state index in [0.717, 1.165) is 5.56 Å². The fourth-order valence-electron chi connectivity index (χ4n) is 2.49. The smallest absolute Gasteiger partial charge is 0.337 e. The van der Waals surface area contributed by atoms with Gasteiger partial charge in [-0.3, -0.25) is 0 Å². The first-order chi connectivity index (χ1) is 11.6. The SMILES string of the molecule is O=C(O)c1ccccc1Nc1cc(F)cc(Cl)c1-c1ccccc1. The van der Waals surface area contributed by atoms with Gasteiger partial charge in [-0.05, 0) is 29.8 Å². The van der Waals surface area contributed by atoms with Crippen LogP contribution in [0, 0.1) is 5.82 Å². The van der Waals surface area contributed by atoms with Crippen LogP contribution in [0.5, 0.6) is 0 Å². The lowest BCUT2D eigenvalue weighted by Crippen LogP contribution is -2.03. The van der Waals surface area contributed by atoms with Crippen LogP contribution in [0.2, 0.25) is 5.02 Å². The normalized spacial score (nSPS) is 10.4. The maximum Gasteiger partial charge on any atom is 0.337 e. The second-order valence-electron chi connectivity index (χ2n) is 5.15. The van der Waals surface area contributed by atoms with E-state index in [1.54, 1.807) is 18.2 Å². The zero-order valence-electron chi connectivity index (χ0n) is 12.5. The zero-order chi connectivity index (χ0) is 17.1. The van der Waals surface area contributed by atoms with Gasteiger partial charge in [-0.25, -0.2) is 9.18 Å². The van der Waals surface area contributed by atoms with Crippen LogP contribution in [-0.4, -0.2) is 11.1 Å². The Labute approximate surface area is 143 Å². The second-order valence-corrected chi connectivity index (χ2v) is 5.56. The maximum atomic E-state index is 13.8. The van der Waals surface area contributed by atoms with E-state index in [-0.39, 0.29) is 10.6 Å². The van der Waals surface area contributed by atoms with Crippen LogP contribution in [0.4, 0.5) is 15.8 Å². The van der Waals surface area contributed by atoms with E-state index in [4.69, 9.17) is 11.6 Å². The van der Waals surface area contributed by atoms with Crippen LogP contribution in [0.15, 0.2) is 66.7 Å². The van der Waals surface area contributed by atoms with Gasteiger partial charge in [0.1, 0.15) is 5.82 Å². The third-order valence-electron chi connectivity index (χ3n) is 3.54. The molecule has 2 N–H and O–H groups in total. The minimum absolute atomic E-state index is 0.0943. The first-order valence-corrected chi connectivity index (χ1v) is 7.58. The van der Waals surface area contributed by atoms with Crippen molar-refractivity contribution < 1.29 is 14.3 Å². The minimum Gasteiger partial charge on any atom is -0.478 e. The Bertz CT molecular complexity index is 897. The molecule has 3 aromatic rings. The third-order valence-corrected chi connectivity index (χ3v) is 3.84. The molecule has 0 radical (unpaired) electrons. The Balaban J connectivity index is 2.14. The number of halogens is 2. The molecule has 0 saturated carbocycles. The van der Waals surface area contributed by atoms with Crippen molar-refractivity contribution >= 4 is 28.9 Å². The van der Waals surface area contributed by atoms with Crippen molar-refractivity contribution in [2.45, 2.75) is 0 Å². The molecule has 0 aliphatic rings. The van der Waals surface area contributed by atoms with E-state index in [1.165, 1.54) is 18.2 Å². The van der Waals surface area contributed by atoms with Crippen LogP contribution < -0.4 is 5.32 Å². The molecule has 24 heavy (non-hydrogen) atoms. The van der Waals surface area contributed by atoms with Crippen molar-refractivity contribution in [1.29, 1.82) is 0 Å². The highest BCUT2D eigenvalue weighted by molar-refractivity contribution is 6.34. The van der Waals surface area contributed by atoms with Gasteiger partial charge in [-0.15, -0.1) is 0 Å². The van der Waals surface area contributed by atoms with Crippen molar-refractivity contribution in [3.05, 3.63) is 83.1 Å². The first kappa shape index (κ1) is 16.0. The number of rotatable bonds is 4. The van der Waals surface area contributed by atoms with Gasteiger partial charge in [0, 0.05) is 5.56 Å². The van der Waals surface area contributed by atoms with E-state index in [1.807, 2.05) is 30.3 Å². The first-order valence-electron chi connectivity index (χ1n) is 7.20. The van der Waals surface area contributed by atoms with Crippen molar-refractivity contribution in [3.63, 3.8) is 0 Å². The number of hydrogen-bond acceptors (Lipinski definition) is 2. The van der Waals surface area contributed by atoms with Gasteiger partial charge in [0.25, 0.3) is 0 Å². The lowest BCUT2D eigenvalue weighted by atomic mass is 10.0. The Morgan fingerprint density at radius 1 is 0.958 bits per heavy atom. The fraction of sp³-hybridized carbons (Fsp3) is 0. The number of hydrogen-bond donors (Lipinski definition) is 2. The summed E-state index contributed by atoms with van der Waals surface area (Å²) < 4.78 is 13.8. The third kappa shape index (κ3) is 3.24. The number of anilines is 2. The van der Waals surface area contributed by atoms with Gasteiger partial charge >= 0.3 is 5.97 Å². The summed E-state index contributed by atoms with van der Waals surface area (Å²) in [5, 5.41) is 12.5. The van der Waals surface area contributed by atoms with Gasteiger partial charge in [0.15, 0.2) is 0 Å². The number of carbonyl (C=O) groups is 1. The van der Waals surface area contributed by atoms with Gasteiger partial charge in [-0.2, -0.15) is 0 Å². The average molecular weight is 342 g/mol. The standard InChI is InChI=1S/C19H13ClFNO2/c20-15-10-13(21)11-17(18(15)12-6-2-1-3-7-12)22-16-9-5-4-8-14(16)19(23)24/h1-11,22H,(H,23,24). The fourth-order valence-corrected chi connectivity index (χ4v) is 2.81. The number of para-hydroxylation sites is 1. The van der Waals surface area contributed by atoms with Gasteiger partial charge < -0.3 is 10.4 Å². The summed E-state index contributed by atoms with van der Waals surface area (Å²) in [5.41, 5.74) is 2.28. The largest absolute Gasteiger partial charge is 0.478 e. The molecule has 120 valence electrons. The highest BCUT2D eigenvalue weighted by atomic mass is 35.5. The van der Waals surface area contributed by atoms with Crippen molar-refractivity contribution in [1.82, 2.24) is 0 Å². The highest BCUT2D eigenvalue weighted by Crippen LogP contribution is 2.37. The summed E-state index contributed by atoms with van der Waals surface area (Å²) in [4.78, 5) is 11.4. The molecule has 0 unspecified atom stereocenters. The highest BCUT2D eigenvalue weighted by Gasteiger charge is 2.15. The molecule has 0 saturated heterocycles. The molecule has 3 nitrogen and oxygen atoms in total. The summed E-state index contributed by atoms with van der Waals surface area (Å²) in [6.07, 6.45) is 0. The molecule has 3 rings (SSSR count). The summed E-state index contributed by atoms with van der Waals surface area (Å²) in [6.45, 7) is 0. The predicted octanol–water partition coefficient (Wildman–Crippen LogP) is 5.59. The molecule has 3 aromatic carbocycles. The Hall–Kier alpha value is -2.85. The van der Waals surface area contributed by atoms with Crippen LogP contribution in [0.3, 0.4) is 0 Å². The maximum absolute atomic E-state index is 13.8. The molecule has 5 heteroatoms. The van der Waals surface area contributed by atoms with E-state index < -0.39 is 11.8 Å². The molecule has 0 aromatic heterocycles. The van der Waals surface area contributed by atoms with Crippen LogP contribution in [0.1, 0.15) is 10.4 Å². The molecule has 0 aliphatic heterocycles. The Kier molecular flexibility index (Phi) is 4.49. The quantitative estimate of drug-likeness (QED) is 0.650. The van der Waals surface area contributed by atoms with Gasteiger partial charge in [0.2, 0.25) is 0 Å². The molecular formula is C19H13ClFNO2. The monoisotopic (exact) mass is 341 g/mol. The average Bonchev–Trinajstić information content (AvgIpc) is 2.55. The molecule has 0 bridgehead atoms. The van der Waals surface area contributed by atoms with Crippen LogP contribution >= 0.6 is 11.6 Å². The second kappa shape index (κ2) is 6.72. The van der Waals surface area contributed by atoms with E-state index in [2.05, 4.69) is 5.32 Å². The summed E-state index contributed by atoms with van der Waals surface area (Å²) in [6, 6.07) is 18.3. The molecule has 0 amide bonds. The van der Waals surface area contributed by atoms with Gasteiger partial charge in [0.05, 0.1) is 22.0 Å². The molecule has 0 aliphatic carbocycles. The lowest BCUT2D eigenvalue weighted by Gasteiger charge is -2.16. The number of nitrogens with one attached hydrogen (secondary N) is 1. The molecule has 0 atom stereocenters. The van der Waals surface area contributed by atoms with E-state index >= 15 is 0 Å². The number of aromatic carboxylic acids is 1.